The Morgan fingerprint density at radius 2 is 1.75 bits per heavy atom. The molecule has 0 fully saturated rings. The molecule has 0 bridgehead atoms. The monoisotopic (exact) mass is 278 g/mol. The van der Waals surface area contributed by atoms with Gasteiger partial charge in [-0.25, -0.2) is 0 Å². The predicted molar refractivity (Wildman–Crippen MR) is 84.8 cm³/mol. The molecule has 2 heteroatoms. The summed E-state index contributed by atoms with van der Waals surface area (Å²) in [5.74, 6) is 0.175. The van der Waals surface area contributed by atoms with Gasteiger partial charge < -0.3 is 5.11 Å². The Hall–Kier alpha value is -1.05. The molecule has 0 spiro atoms. The first-order valence-electron chi connectivity index (χ1n) is 8.32. The van der Waals surface area contributed by atoms with Gasteiger partial charge in [0, 0.05) is 6.42 Å². The minimum atomic E-state index is -0.706. The molecule has 0 heterocycles. The summed E-state index contributed by atoms with van der Waals surface area (Å²) in [7, 11) is 0. The van der Waals surface area contributed by atoms with E-state index in [0.717, 1.165) is 12.3 Å². The van der Waals surface area contributed by atoms with E-state index in [4.69, 9.17) is 5.11 Å². The fourth-order valence-electron chi connectivity index (χ4n) is 2.75. The van der Waals surface area contributed by atoms with Gasteiger partial charge >= 0.3 is 5.97 Å². The first-order valence-corrected chi connectivity index (χ1v) is 8.32. The Balaban J connectivity index is 1.76. The molecular formula is C18H30O2. The summed E-state index contributed by atoms with van der Waals surface area (Å²) in [5, 5.41) is 8.49. The van der Waals surface area contributed by atoms with Crippen LogP contribution < -0.4 is 0 Å². The lowest BCUT2D eigenvalue weighted by Gasteiger charge is -2.06. The maximum atomic E-state index is 10.3. The largest absolute Gasteiger partial charge is 0.481 e. The van der Waals surface area contributed by atoms with Gasteiger partial charge in [0.05, 0.1) is 0 Å². The van der Waals surface area contributed by atoms with Crippen molar-refractivity contribution in [3.8, 4) is 0 Å². The van der Waals surface area contributed by atoms with Gasteiger partial charge in [0.2, 0.25) is 0 Å². The van der Waals surface area contributed by atoms with Crippen LogP contribution in [0.4, 0.5) is 0 Å². The fourth-order valence-corrected chi connectivity index (χ4v) is 2.75. The Labute approximate surface area is 124 Å². The molecule has 0 aromatic carbocycles. The normalized spacial score (nSPS) is 18.1. The van der Waals surface area contributed by atoms with Gasteiger partial charge in [-0.05, 0) is 44.4 Å². The van der Waals surface area contributed by atoms with Crippen LogP contribution in [-0.4, -0.2) is 11.1 Å². The SMILES string of the molecule is O=C(O)CCC=CCCCCCCCCC1C=CCC1. The van der Waals surface area contributed by atoms with Crippen molar-refractivity contribution in [1.29, 1.82) is 0 Å². The molecule has 0 amide bonds. The highest BCUT2D eigenvalue weighted by molar-refractivity contribution is 5.66. The maximum absolute atomic E-state index is 10.3. The summed E-state index contributed by atoms with van der Waals surface area (Å²) in [6.07, 6.45) is 23.0. The van der Waals surface area contributed by atoms with E-state index in [1.807, 2.05) is 6.08 Å². The highest BCUT2D eigenvalue weighted by Gasteiger charge is 2.07. The molecule has 0 aromatic rings. The van der Waals surface area contributed by atoms with Crippen molar-refractivity contribution in [2.75, 3.05) is 0 Å². The molecule has 0 aromatic heterocycles. The Bertz CT molecular complexity index is 305. The third kappa shape index (κ3) is 9.82. The second-order valence-corrected chi connectivity index (χ2v) is 5.87. The van der Waals surface area contributed by atoms with Gasteiger partial charge in [0.1, 0.15) is 0 Å². The minimum absolute atomic E-state index is 0.257. The molecule has 2 nitrogen and oxygen atoms in total. The van der Waals surface area contributed by atoms with Crippen molar-refractivity contribution >= 4 is 5.97 Å². The summed E-state index contributed by atoms with van der Waals surface area (Å²) in [6.45, 7) is 0. The van der Waals surface area contributed by atoms with E-state index in [0.29, 0.717) is 6.42 Å². The number of hydrogen-bond acceptors (Lipinski definition) is 1. The summed E-state index contributed by atoms with van der Waals surface area (Å²) >= 11 is 0. The number of carbonyl (C=O) groups is 1. The van der Waals surface area contributed by atoms with Crippen molar-refractivity contribution < 1.29 is 9.90 Å². The Morgan fingerprint density at radius 3 is 2.45 bits per heavy atom. The highest BCUT2D eigenvalue weighted by Crippen LogP contribution is 2.23. The summed E-state index contributed by atoms with van der Waals surface area (Å²) in [5.41, 5.74) is 0. The van der Waals surface area contributed by atoms with Crippen LogP contribution in [-0.2, 0) is 4.79 Å². The van der Waals surface area contributed by atoms with Gasteiger partial charge in [-0.2, -0.15) is 0 Å². The van der Waals surface area contributed by atoms with E-state index in [1.165, 1.54) is 57.8 Å². The smallest absolute Gasteiger partial charge is 0.303 e. The fraction of sp³-hybridized carbons (Fsp3) is 0.722. The number of hydrogen-bond donors (Lipinski definition) is 1. The Morgan fingerprint density at radius 1 is 1.05 bits per heavy atom. The molecule has 1 N–H and O–H groups in total. The standard InChI is InChI=1S/C18H30O2/c19-18(20)16-10-8-6-4-2-1-3-5-7-9-13-17-14-11-12-15-17/h6,8,11,14,17H,1-5,7,9-10,12-13,15-16H2,(H,19,20). The van der Waals surface area contributed by atoms with Gasteiger partial charge in [-0.15, -0.1) is 0 Å². The zero-order chi connectivity index (χ0) is 14.5. The number of rotatable bonds is 12. The van der Waals surface area contributed by atoms with Crippen LogP contribution in [0.25, 0.3) is 0 Å². The molecule has 1 unspecified atom stereocenters. The first kappa shape index (κ1) is 17.0. The van der Waals surface area contributed by atoms with Crippen molar-refractivity contribution in [3.05, 3.63) is 24.3 Å². The average molecular weight is 278 g/mol. The van der Waals surface area contributed by atoms with Gasteiger partial charge in [0.25, 0.3) is 0 Å². The van der Waals surface area contributed by atoms with Crippen molar-refractivity contribution in [3.63, 3.8) is 0 Å². The van der Waals surface area contributed by atoms with Crippen molar-refractivity contribution in [2.24, 2.45) is 5.92 Å². The zero-order valence-corrected chi connectivity index (χ0v) is 12.7. The van der Waals surface area contributed by atoms with Crippen LogP contribution in [0.15, 0.2) is 24.3 Å². The molecule has 1 atom stereocenters. The zero-order valence-electron chi connectivity index (χ0n) is 12.7. The van der Waals surface area contributed by atoms with E-state index in [2.05, 4.69) is 18.2 Å². The van der Waals surface area contributed by atoms with Crippen LogP contribution in [0.2, 0.25) is 0 Å². The van der Waals surface area contributed by atoms with Crippen molar-refractivity contribution in [1.82, 2.24) is 0 Å². The number of carboxylic acids is 1. The second kappa shape index (κ2) is 11.7. The van der Waals surface area contributed by atoms with E-state index >= 15 is 0 Å². The summed E-state index contributed by atoms with van der Waals surface area (Å²) < 4.78 is 0. The minimum Gasteiger partial charge on any atom is -0.481 e. The first-order chi connectivity index (χ1) is 9.79. The topological polar surface area (TPSA) is 37.3 Å². The number of unbranched alkanes of at least 4 members (excludes halogenated alkanes) is 6. The molecule has 0 saturated heterocycles. The van der Waals surface area contributed by atoms with Crippen LogP contribution >= 0.6 is 0 Å². The van der Waals surface area contributed by atoms with Crippen molar-refractivity contribution in [2.45, 2.75) is 77.0 Å². The molecule has 114 valence electrons. The lowest BCUT2D eigenvalue weighted by molar-refractivity contribution is -0.136. The van der Waals surface area contributed by atoms with Crippen LogP contribution in [0.5, 0.6) is 0 Å². The molecule has 1 rings (SSSR count). The molecule has 1 aliphatic carbocycles. The quantitative estimate of drug-likeness (QED) is 0.378. The second-order valence-electron chi connectivity index (χ2n) is 5.87. The lowest BCUT2D eigenvalue weighted by atomic mass is 10.00. The third-order valence-electron chi connectivity index (χ3n) is 4.00. The van der Waals surface area contributed by atoms with Crippen LogP contribution in [0.1, 0.15) is 77.0 Å². The van der Waals surface area contributed by atoms with Crippen LogP contribution in [0, 0.1) is 5.92 Å². The van der Waals surface area contributed by atoms with Gasteiger partial charge in [0.15, 0.2) is 0 Å². The maximum Gasteiger partial charge on any atom is 0.303 e. The van der Waals surface area contributed by atoms with E-state index in [-0.39, 0.29) is 6.42 Å². The van der Waals surface area contributed by atoms with Gasteiger partial charge in [-0.3, -0.25) is 4.79 Å². The molecule has 1 aliphatic rings. The molecule has 0 radical (unpaired) electrons. The van der Waals surface area contributed by atoms with Crippen LogP contribution in [0.3, 0.4) is 0 Å². The molecule has 0 aliphatic heterocycles. The lowest BCUT2D eigenvalue weighted by Crippen LogP contribution is -1.91. The summed E-state index contributed by atoms with van der Waals surface area (Å²) in [6, 6.07) is 0. The number of aliphatic carboxylic acids is 1. The average Bonchev–Trinajstić information content (AvgIpc) is 2.93. The van der Waals surface area contributed by atoms with E-state index in [1.54, 1.807) is 0 Å². The number of allylic oxidation sites excluding steroid dienone is 4. The number of carboxylic acid groups (broad SMARTS) is 1. The third-order valence-corrected chi connectivity index (χ3v) is 4.00. The Kier molecular flexibility index (Phi) is 9.99. The molecule has 0 saturated carbocycles. The predicted octanol–water partition coefficient (Wildman–Crippen LogP) is 5.49. The summed E-state index contributed by atoms with van der Waals surface area (Å²) in [4.78, 5) is 10.3. The van der Waals surface area contributed by atoms with E-state index < -0.39 is 5.97 Å². The molecular weight excluding hydrogens is 248 g/mol. The van der Waals surface area contributed by atoms with E-state index in [9.17, 15) is 4.79 Å². The molecule has 20 heavy (non-hydrogen) atoms. The van der Waals surface area contributed by atoms with Gasteiger partial charge in [-0.1, -0.05) is 56.4 Å². The highest BCUT2D eigenvalue weighted by atomic mass is 16.4.